The first-order valence-electron chi connectivity index (χ1n) is 23.1. The van der Waals surface area contributed by atoms with Crippen molar-refractivity contribution < 1.29 is 31.7 Å². The molecule has 16 nitrogen and oxygen atoms in total. The van der Waals surface area contributed by atoms with E-state index < -0.39 is 44.6 Å². The second-order valence-corrected chi connectivity index (χ2v) is 21.2. The number of halogens is 1. The number of fused-ring (bicyclic) bond motifs is 2. The van der Waals surface area contributed by atoms with Gasteiger partial charge in [-0.3, -0.25) is 24.0 Å². The number of H-pyrrole nitrogens is 1. The number of carbonyl (C=O) groups is 2. The highest BCUT2D eigenvalue weighted by Crippen LogP contribution is 2.56. The van der Waals surface area contributed by atoms with Crippen LogP contribution in [-0.4, -0.2) is 92.5 Å². The Morgan fingerprint density at radius 3 is 2.30 bits per heavy atom. The highest BCUT2D eigenvalue weighted by atomic mass is 32.2. The standard InChI is InChI=1S/C49H51FN8O8S/c1-27-21-35(22-28(2)41(27)50)57-43(59)38-13-16-55(30(4)42(38)51-46(57)56-18-17-54(48(56)62)26-31-5-8-36(9-6-31)67(63,64)37-10-11-37)44(60)40-24-34-23-33(32-14-19-65-20-15-32)7-12-39(34)58(40)49(25-29(49)3)45-52-47(61)66-53-45/h5-9,12,21-24,29-30,32,37H,10-11,13-20,25-26H2,1-4H3,(H,52,53,61)/t29-,30-,49-/m0/s1. The molecule has 6 aromatic rings. The van der Waals surface area contributed by atoms with Crippen LogP contribution in [0.2, 0.25) is 0 Å². The van der Waals surface area contributed by atoms with Crippen molar-refractivity contribution in [2.24, 2.45) is 5.92 Å². The summed E-state index contributed by atoms with van der Waals surface area (Å²) in [6.07, 6.45) is 3.86. The largest absolute Gasteiger partial charge is 0.438 e. The molecule has 0 spiro atoms. The fourth-order valence-electron chi connectivity index (χ4n) is 10.8. The number of anilines is 1. The lowest BCUT2D eigenvalue weighted by Gasteiger charge is -2.36. The van der Waals surface area contributed by atoms with Gasteiger partial charge in [-0.2, -0.15) is 0 Å². The summed E-state index contributed by atoms with van der Waals surface area (Å²) in [6.45, 7) is 9.31. The highest BCUT2D eigenvalue weighted by molar-refractivity contribution is 7.92. The molecule has 4 fully saturated rings. The lowest BCUT2D eigenvalue weighted by molar-refractivity contribution is 0.0658. The summed E-state index contributed by atoms with van der Waals surface area (Å²) in [6, 6.07) is 16.8. The van der Waals surface area contributed by atoms with Crippen LogP contribution in [0.5, 0.6) is 0 Å². The van der Waals surface area contributed by atoms with Gasteiger partial charge in [0.05, 0.1) is 27.6 Å². The van der Waals surface area contributed by atoms with Crippen LogP contribution >= 0.6 is 0 Å². The summed E-state index contributed by atoms with van der Waals surface area (Å²) in [5, 5.41) is 4.67. The molecule has 0 unspecified atom stereocenters. The molecule has 3 atom stereocenters. The number of hydrogen-bond donors (Lipinski definition) is 1. The molecule has 5 aliphatic rings. The fourth-order valence-corrected chi connectivity index (χ4v) is 12.4. The van der Waals surface area contributed by atoms with Gasteiger partial charge in [0.25, 0.3) is 11.5 Å². The maximum absolute atomic E-state index is 15.3. The van der Waals surface area contributed by atoms with E-state index in [9.17, 15) is 22.8 Å². The third-order valence-electron chi connectivity index (χ3n) is 14.8. The zero-order chi connectivity index (χ0) is 46.7. The number of rotatable bonds is 10. The molecule has 348 valence electrons. The summed E-state index contributed by atoms with van der Waals surface area (Å²) < 4.78 is 54.8. The topological polar surface area (TPSA) is 186 Å². The van der Waals surface area contributed by atoms with E-state index in [4.69, 9.17) is 14.2 Å². The van der Waals surface area contributed by atoms with Crippen LogP contribution in [0.1, 0.15) is 108 Å². The van der Waals surface area contributed by atoms with Crippen molar-refractivity contribution in [2.75, 3.05) is 37.7 Å². The number of hydrogen-bond acceptors (Lipinski definition) is 10. The van der Waals surface area contributed by atoms with Gasteiger partial charge in [0, 0.05) is 55.9 Å². The Morgan fingerprint density at radius 1 is 0.925 bits per heavy atom. The van der Waals surface area contributed by atoms with E-state index in [1.54, 1.807) is 60.0 Å². The minimum atomic E-state index is -3.38. The van der Waals surface area contributed by atoms with E-state index >= 15 is 9.18 Å². The molecular weight excluding hydrogens is 880 g/mol. The third kappa shape index (κ3) is 7.04. The number of aromatic amines is 1. The average molecular weight is 931 g/mol. The Morgan fingerprint density at radius 2 is 1.64 bits per heavy atom. The van der Waals surface area contributed by atoms with E-state index in [0.29, 0.717) is 78.0 Å². The molecular formula is C49H51FN8O8S. The van der Waals surface area contributed by atoms with E-state index in [0.717, 1.165) is 34.9 Å². The van der Waals surface area contributed by atoms with E-state index in [2.05, 4.69) is 22.3 Å². The maximum atomic E-state index is 15.3. The Hall–Kier alpha value is -6.40. The van der Waals surface area contributed by atoms with Gasteiger partial charge in [0.15, 0.2) is 15.7 Å². The number of urea groups is 1. The molecule has 3 aromatic carbocycles. The summed E-state index contributed by atoms with van der Waals surface area (Å²) in [5.74, 6) is -0.705. The lowest BCUT2D eigenvalue weighted by atomic mass is 9.91. The molecule has 2 saturated heterocycles. The smallest absolute Gasteiger partial charge is 0.381 e. The molecule has 18 heteroatoms. The van der Waals surface area contributed by atoms with Gasteiger partial charge >= 0.3 is 11.8 Å². The van der Waals surface area contributed by atoms with E-state index in [1.165, 1.54) is 9.47 Å². The Kier molecular flexibility index (Phi) is 10.2. The number of carbonyl (C=O) groups excluding carboxylic acids is 2. The number of benzene rings is 3. The molecule has 1 N–H and O–H groups in total. The monoisotopic (exact) mass is 930 g/mol. The van der Waals surface area contributed by atoms with Crippen molar-refractivity contribution in [3.05, 3.63) is 132 Å². The zero-order valence-corrected chi connectivity index (χ0v) is 38.6. The second-order valence-electron chi connectivity index (χ2n) is 19.0. The molecule has 3 amide bonds. The van der Waals surface area contributed by atoms with Crippen LogP contribution < -0.4 is 16.2 Å². The van der Waals surface area contributed by atoms with E-state index in [-0.39, 0.29) is 60.5 Å². The Labute approximate surface area is 385 Å². The molecule has 2 saturated carbocycles. The number of ether oxygens (including phenoxy) is 1. The SMILES string of the molecule is Cc1cc(-n2c(N3CCN(Cc4ccc(S(=O)(=O)C5CC5)cc4)C3=O)nc3c(c2=O)CCN(C(=O)c2cc4cc(C5CCOCC5)ccc4n2[C@@]2(c4noc(=O)[nH]4)C[C@@H]2C)[C@H]3C)cc(C)c1F. The summed E-state index contributed by atoms with van der Waals surface area (Å²) in [5.41, 5.74) is 3.56. The number of aromatic nitrogens is 5. The third-order valence-corrected chi connectivity index (χ3v) is 17.1. The fraction of sp³-hybridized carbons (Fsp3) is 0.429. The van der Waals surface area contributed by atoms with Gasteiger partial charge in [-0.1, -0.05) is 30.3 Å². The molecule has 0 bridgehead atoms. The molecule has 11 rings (SSSR count). The summed E-state index contributed by atoms with van der Waals surface area (Å²) >= 11 is 0. The van der Waals surface area contributed by atoms with E-state index in [1.807, 2.05) is 30.5 Å². The van der Waals surface area contributed by atoms with Gasteiger partial charge in [0.1, 0.15) is 17.1 Å². The predicted octanol–water partition coefficient (Wildman–Crippen LogP) is 6.43. The van der Waals surface area contributed by atoms with Crippen molar-refractivity contribution >= 4 is 38.6 Å². The maximum Gasteiger partial charge on any atom is 0.438 e. The first-order valence-corrected chi connectivity index (χ1v) is 24.6. The van der Waals surface area contributed by atoms with Crippen molar-refractivity contribution in [1.29, 1.82) is 0 Å². The van der Waals surface area contributed by atoms with Crippen molar-refractivity contribution in [3.63, 3.8) is 0 Å². The summed E-state index contributed by atoms with van der Waals surface area (Å²) in [4.78, 5) is 70.1. The normalized spacial score (nSPS) is 22.2. The van der Waals surface area contributed by atoms with Gasteiger partial charge in [-0.25, -0.2) is 31.9 Å². The molecule has 2 aliphatic carbocycles. The van der Waals surface area contributed by atoms with Crippen LogP contribution in [0.25, 0.3) is 16.6 Å². The Balaban J connectivity index is 0.974. The van der Waals surface area contributed by atoms with Crippen LogP contribution in [0.3, 0.4) is 0 Å². The van der Waals surface area contributed by atoms with Gasteiger partial charge in [0.2, 0.25) is 5.95 Å². The van der Waals surface area contributed by atoms with Gasteiger partial charge < -0.3 is 19.1 Å². The van der Waals surface area contributed by atoms with Crippen molar-refractivity contribution in [2.45, 2.75) is 100 Å². The quantitative estimate of drug-likeness (QED) is 0.160. The van der Waals surface area contributed by atoms with Gasteiger partial charge in [-0.05, 0) is 136 Å². The molecule has 6 heterocycles. The second kappa shape index (κ2) is 15.9. The van der Waals surface area contributed by atoms with Crippen LogP contribution in [0, 0.1) is 25.6 Å². The van der Waals surface area contributed by atoms with Gasteiger partial charge in [-0.15, -0.1) is 0 Å². The number of nitrogens with one attached hydrogen (secondary N) is 1. The zero-order valence-electron chi connectivity index (χ0n) is 37.8. The number of aryl methyl sites for hydroxylation is 2. The molecule has 3 aromatic heterocycles. The molecule has 0 radical (unpaired) electrons. The van der Waals surface area contributed by atoms with Crippen molar-refractivity contribution in [1.82, 2.24) is 34.1 Å². The minimum Gasteiger partial charge on any atom is -0.381 e. The van der Waals surface area contributed by atoms with Crippen molar-refractivity contribution in [3.8, 4) is 5.69 Å². The van der Waals surface area contributed by atoms with Crippen LogP contribution in [-0.2, 0) is 33.1 Å². The first-order chi connectivity index (χ1) is 32.1. The highest BCUT2D eigenvalue weighted by Gasteiger charge is 2.59. The predicted molar refractivity (Wildman–Crippen MR) is 245 cm³/mol. The molecule has 67 heavy (non-hydrogen) atoms. The Bertz CT molecular complexity index is 3230. The summed E-state index contributed by atoms with van der Waals surface area (Å²) in [7, 11) is -3.38. The number of amides is 3. The number of nitrogens with zero attached hydrogens (tertiary/aromatic N) is 7. The number of sulfone groups is 1. The average Bonchev–Trinajstić information content (AvgIpc) is 4.16. The van der Waals surface area contributed by atoms with Crippen LogP contribution in [0.4, 0.5) is 15.1 Å². The molecule has 3 aliphatic heterocycles. The first kappa shape index (κ1) is 43.2. The lowest BCUT2D eigenvalue weighted by Crippen LogP contribution is -2.45. The van der Waals surface area contributed by atoms with Crippen LogP contribution in [0.15, 0.2) is 79.7 Å². The minimum absolute atomic E-state index is 0.00750.